The van der Waals surface area contributed by atoms with Crippen LogP contribution >= 0.6 is 22.9 Å². The molecule has 0 fully saturated rings. The van der Waals surface area contributed by atoms with Gasteiger partial charge in [0.2, 0.25) is 0 Å². The van der Waals surface area contributed by atoms with Crippen molar-refractivity contribution in [1.29, 1.82) is 0 Å². The first-order chi connectivity index (χ1) is 14.5. The van der Waals surface area contributed by atoms with Crippen LogP contribution in [0, 0.1) is 0 Å². The predicted octanol–water partition coefficient (Wildman–Crippen LogP) is 5.74. The molecule has 2 aromatic carbocycles. The maximum atomic E-state index is 6.03. The minimum Gasteiger partial charge on any atom is -0.497 e. The molecule has 7 heteroatoms. The molecule has 0 aliphatic heterocycles. The van der Waals surface area contributed by atoms with Gasteiger partial charge in [0.15, 0.2) is 0 Å². The van der Waals surface area contributed by atoms with E-state index in [1.165, 1.54) is 5.56 Å². The Labute approximate surface area is 185 Å². The second kappa shape index (κ2) is 9.00. The summed E-state index contributed by atoms with van der Waals surface area (Å²) < 4.78 is 6.33. The molecule has 0 aliphatic carbocycles. The number of hydrogen-bond acceptors (Lipinski definition) is 6. The summed E-state index contributed by atoms with van der Waals surface area (Å²) in [6, 6.07) is 18.3. The van der Waals surface area contributed by atoms with Gasteiger partial charge in [0.05, 0.1) is 23.4 Å². The van der Waals surface area contributed by atoms with E-state index in [1.807, 2.05) is 36.4 Å². The first kappa shape index (κ1) is 20.6. The van der Waals surface area contributed by atoms with Gasteiger partial charge in [-0.25, -0.2) is 9.97 Å². The maximum Gasteiger partial charge on any atom is 0.147 e. The average molecular weight is 439 g/mol. The van der Waals surface area contributed by atoms with Gasteiger partial charge in [-0.15, -0.1) is 11.3 Å². The molecule has 0 radical (unpaired) electrons. The number of benzene rings is 2. The molecule has 0 spiro atoms. The maximum absolute atomic E-state index is 6.03. The zero-order valence-corrected chi connectivity index (χ0v) is 18.7. The molecule has 0 aliphatic rings. The highest BCUT2D eigenvalue weighted by Crippen LogP contribution is 2.36. The van der Waals surface area contributed by atoms with Gasteiger partial charge >= 0.3 is 0 Å². The Morgan fingerprint density at radius 2 is 1.80 bits per heavy atom. The molecule has 2 aromatic heterocycles. The summed E-state index contributed by atoms with van der Waals surface area (Å²) in [6.07, 6.45) is 1.61. The Morgan fingerprint density at radius 3 is 2.47 bits per heavy atom. The highest BCUT2D eigenvalue weighted by molar-refractivity contribution is 7.22. The SMILES string of the molecule is COc1ccc([C@@H](CNc2ncnc3cc(-c4ccc(Cl)cc4)sc23)N(C)C)cc1. The van der Waals surface area contributed by atoms with E-state index in [4.69, 9.17) is 16.3 Å². The predicted molar refractivity (Wildman–Crippen MR) is 126 cm³/mol. The van der Waals surface area contributed by atoms with Crippen LogP contribution in [-0.2, 0) is 0 Å². The standard InChI is InChI=1S/C23H23ClN4OS/c1-28(2)20(15-6-10-18(29-3)11-7-15)13-25-23-22-19(26-14-27-23)12-21(30-22)16-4-8-17(24)9-5-16/h4-12,14,20H,13H2,1-3H3,(H,25,26,27)/t20-/m1/s1. The van der Waals surface area contributed by atoms with E-state index in [1.54, 1.807) is 24.8 Å². The van der Waals surface area contributed by atoms with Gasteiger partial charge in [-0.1, -0.05) is 35.9 Å². The molecule has 0 bridgehead atoms. The van der Waals surface area contributed by atoms with Gasteiger partial charge in [0, 0.05) is 16.4 Å². The molecule has 0 amide bonds. The Hall–Kier alpha value is -2.67. The van der Waals surface area contributed by atoms with Crippen molar-refractivity contribution in [2.75, 3.05) is 33.1 Å². The quantitative estimate of drug-likeness (QED) is 0.399. The number of methoxy groups -OCH3 is 1. The van der Waals surface area contributed by atoms with Gasteiger partial charge in [-0.05, 0) is 55.6 Å². The number of hydrogen-bond donors (Lipinski definition) is 1. The minimum atomic E-state index is 0.191. The summed E-state index contributed by atoms with van der Waals surface area (Å²) in [5.41, 5.74) is 3.28. The van der Waals surface area contributed by atoms with Crippen LogP contribution < -0.4 is 10.1 Å². The summed E-state index contributed by atoms with van der Waals surface area (Å²) >= 11 is 7.71. The number of anilines is 1. The molecule has 0 saturated heterocycles. The summed E-state index contributed by atoms with van der Waals surface area (Å²) in [4.78, 5) is 12.3. The van der Waals surface area contributed by atoms with Gasteiger partial charge in [-0.2, -0.15) is 0 Å². The van der Waals surface area contributed by atoms with E-state index in [2.05, 4.69) is 52.5 Å². The lowest BCUT2D eigenvalue weighted by Gasteiger charge is -2.25. The van der Waals surface area contributed by atoms with E-state index in [0.717, 1.165) is 43.8 Å². The Balaban J connectivity index is 1.58. The summed E-state index contributed by atoms with van der Waals surface area (Å²) in [5.74, 6) is 1.71. The third kappa shape index (κ3) is 4.41. The number of likely N-dealkylation sites (N-methyl/N-ethyl adjacent to an activating group) is 1. The molecule has 2 heterocycles. The molecular formula is C23H23ClN4OS. The zero-order valence-electron chi connectivity index (χ0n) is 17.1. The second-order valence-corrected chi connectivity index (χ2v) is 8.68. The number of nitrogens with one attached hydrogen (secondary N) is 1. The second-order valence-electron chi connectivity index (χ2n) is 7.19. The van der Waals surface area contributed by atoms with Crippen LogP contribution in [0.25, 0.3) is 20.7 Å². The topological polar surface area (TPSA) is 50.3 Å². The first-order valence-electron chi connectivity index (χ1n) is 9.60. The van der Waals surface area contributed by atoms with Crippen molar-refractivity contribution in [2.45, 2.75) is 6.04 Å². The smallest absolute Gasteiger partial charge is 0.147 e. The van der Waals surface area contributed by atoms with Crippen LogP contribution in [0.2, 0.25) is 5.02 Å². The third-order valence-corrected chi connectivity index (χ3v) is 6.46. The van der Waals surface area contributed by atoms with E-state index >= 15 is 0 Å². The van der Waals surface area contributed by atoms with Crippen LogP contribution in [0.4, 0.5) is 5.82 Å². The van der Waals surface area contributed by atoms with Gasteiger partial charge in [0.25, 0.3) is 0 Å². The van der Waals surface area contributed by atoms with Crippen LogP contribution in [0.15, 0.2) is 60.9 Å². The zero-order chi connectivity index (χ0) is 21.1. The normalized spacial score (nSPS) is 12.3. The highest BCUT2D eigenvalue weighted by Gasteiger charge is 2.16. The van der Waals surface area contributed by atoms with E-state index in [9.17, 15) is 0 Å². The van der Waals surface area contributed by atoms with Crippen molar-refractivity contribution < 1.29 is 4.74 Å². The lowest BCUT2D eigenvalue weighted by Crippen LogP contribution is -2.27. The molecule has 154 valence electrons. The number of fused-ring (bicyclic) bond motifs is 1. The molecule has 4 aromatic rings. The molecule has 4 rings (SSSR count). The van der Waals surface area contributed by atoms with E-state index in [0.29, 0.717) is 0 Å². The van der Waals surface area contributed by atoms with Crippen molar-refractivity contribution in [3.05, 3.63) is 71.5 Å². The van der Waals surface area contributed by atoms with Crippen LogP contribution in [0.1, 0.15) is 11.6 Å². The van der Waals surface area contributed by atoms with E-state index in [-0.39, 0.29) is 6.04 Å². The van der Waals surface area contributed by atoms with Crippen molar-refractivity contribution in [3.63, 3.8) is 0 Å². The number of thiophene rings is 1. The van der Waals surface area contributed by atoms with Crippen LogP contribution in [0.5, 0.6) is 5.75 Å². The lowest BCUT2D eigenvalue weighted by atomic mass is 10.1. The number of ether oxygens (including phenoxy) is 1. The minimum absolute atomic E-state index is 0.191. The number of nitrogens with zero attached hydrogens (tertiary/aromatic N) is 3. The molecular weight excluding hydrogens is 416 g/mol. The fraction of sp³-hybridized carbons (Fsp3) is 0.217. The monoisotopic (exact) mass is 438 g/mol. The number of aromatic nitrogens is 2. The lowest BCUT2D eigenvalue weighted by molar-refractivity contribution is 0.311. The number of halogens is 1. The Morgan fingerprint density at radius 1 is 1.07 bits per heavy atom. The van der Waals surface area contributed by atoms with E-state index < -0.39 is 0 Å². The largest absolute Gasteiger partial charge is 0.497 e. The Kier molecular flexibility index (Phi) is 6.18. The van der Waals surface area contributed by atoms with Gasteiger partial charge in [-0.3, -0.25) is 0 Å². The Bertz CT molecular complexity index is 1130. The molecule has 1 N–H and O–H groups in total. The van der Waals surface area contributed by atoms with Crippen molar-refractivity contribution in [2.24, 2.45) is 0 Å². The molecule has 0 saturated carbocycles. The molecule has 0 unspecified atom stereocenters. The third-order valence-electron chi connectivity index (χ3n) is 5.03. The fourth-order valence-electron chi connectivity index (χ4n) is 3.35. The van der Waals surface area contributed by atoms with Crippen molar-refractivity contribution in [3.8, 4) is 16.2 Å². The summed E-state index contributed by atoms with van der Waals surface area (Å²) in [6.45, 7) is 0.722. The van der Waals surface area contributed by atoms with Crippen molar-refractivity contribution in [1.82, 2.24) is 14.9 Å². The van der Waals surface area contributed by atoms with Gasteiger partial charge in [0.1, 0.15) is 17.9 Å². The molecule has 30 heavy (non-hydrogen) atoms. The fourth-order valence-corrected chi connectivity index (χ4v) is 4.56. The number of rotatable bonds is 7. The van der Waals surface area contributed by atoms with Gasteiger partial charge < -0.3 is 15.0 Å². The average Bonchev–Trinajstić information content (AvgIpc) is 3.20. The first-order valence-corrected chi connectivity index (χ1v) is 10.8. The molecule has 5 nitrogen and oxygen atoms in total. The van der Waals surface area contributed by atoms with Crippen molar-refractivity contribution >= 4 is 39.0 Å². The summed E-state index contributed by atoms with van der Waals surface area (Å²) in [5, 5.41) is 4.27. The van der Waals surface area contributed by atoms with Crippen LogP contribution in [-0.4, -0.2) is 42.6 Å². The summed E-state index contributed by atoms with van der Waals surface area (Å²) in [7, 11) is 5.84. The highest BCUT2D eigenvalue weighted by atomic mass is 35.5. The molecule has 1 atom stereocenters. The van der Waals surface area contributed by atoms with Crippen LogP contribution in [0.3, 0.4) is 0 Å².